The Balaban J connectivity index is 2.07. The molecule has 110 valence electrons. The summed E-state index contributed by atoms with van der Waals surface area (Å²) in [6, 6.07) is 5.21. The molecule has 0 radical (unpaired) electrons. The van der Waals surface area contributed by atoms with Gasteiger partial charge in [-0.05, 0) is 19.1 Å². The van der Waals surface area contributed by atoms with E-state index in [0.717, 1.165) is 0 Å². The minimum Gasteiger partial charge on any atom is -0.462 e. The van der Waals surface area contributed by atoms with Crippen molar-refractivity contribution in [2.75, 3.05) is 0 Å². The predicted octanol–water partition coefficient (Wildman–Crippen LogP) is -0.199. The highest BCUT2D eigenvalue weighted by atomic mass is 16.7. The number of non-ortho nitro benzene ring substituents is 1. The quantitative estimate of drug-likeness (QED) is 0.519. The zero-order valence-corrected chi connectivity index (χ0v) is 10.6. The third kappa shape index (κ3) is 2.88. The molecule has 1 heterocycles. The molecule has 0 bridgehead atoms. The van der Waals surface area contributed by atoms with Gasteiger partial charge in [0.1, 0.15) is 24.1 Å². The molecule has 1 aliphatic rings. The van der Waals surface area contributed by atoms with Gasteiger partial charge in [-0.15, -0.1) is 0 Å². The summed E-state index contributed by atoms with van der Waals surface area (Å²) in [5, 5.41) is 39.4. The Morgan fingerprint density at radius 1 is 1.15 bits per heavy atom. The minimum atomic E-state index is -1.42. The summed E-state index contributed by atoms with van der Waals surface area (Å²) in [7, 11) is 0. The van der Waals surface area contributed by atoms with Crippen molar-refractivity contribution in [2.45, 2.75) is 37.6 Å². The zero-order valence-electron chi connectivity index (χ0n) is 10.6. The standard InChI is InChI=1S/C12H15NO7/c1-6-9(14)10(15)11(16)12(19-6)20-8-4-2-7(3-5-8)13(17)18/h2-6,9-12,14-16H,1H3/t6?,9-,10+,11+,12-/m1/s1. The molecule has 1 saturated heterocycles. The Kier molecular flexibility index (Phi) is 4.19. The Hall–Kier alpha value is -1.74. The van der Waals surface area contributed by atoms with Crippen molar-refractivity contribution in [3.8, 4) is 5.75 Å². The third-order valence-corrected chi connectivity index (χ3v) is 3.11. The molecule has 5 atom stereocenters. The molecule has 8 nitrogen and oxygen atoms in total. The van der Waals surface area contributed by atoms with Crippen LogP contribution < -0.4 is 4.74 Å². The number of ether oxygens (including phenoxy) is 2. The number of hydrogen-bond donors (Lipinski definition) is 3. The van der Waals surface area contributed by atoms with Gasteiger partial charge in [-0.25, -0.2) is 0 Å². The normalized spacial score (nSPS) is 33.7. The van der Waals surface area contributed by atoms with Crippen LogP contribution in [-0.4, -0.2) is 50.9 Å². The van der Waals surface area contributed by atoms with E-state index in [0.29, 0.717) is 0 Å². The SMILES string of the molecule is CC1O[C@H](Oc2ccc([N+](=O)[O-])cc2)[C@@H](O)[C@@H](O)[C@@H]1O. The van der Waals surface area contributed by atoms with Crippen LogP contribution >= 0.6 is 0 Å². The van der Waals surface area contributed by atoms with E-state index in [9.17, 15) is 25.4 Å². The summed E-state index contributed by atoms with van der Waals surface area (Å²) in [5.41, 5.74) is -0.0914. The largest absolute Gasteiger partial charge is 0.462 e. The molecule has 0 aliphatic carbocycles. The van der Waals surface area contributed by atoms with Gasteiger partial charge in [0.05, 0.1) is 11.0 Å². The maximum absolute atomic E-state index is 10.5. The first-order chi connectivity index (χ1) is 9.40. The number of nitrogens with zero attached hydrogens (tertiary/aromatic N) is 1. The van der Waals surface area contributed by atoms with Crippen molar-refractivity contribution in [3.63, 3.8) is 0 Å². The summed E-state index contributed by atoms with van der Waals surface area (Å²) in [4.78, 5) is 9.97. The number of nitro groups is 1. The monoisotopic (exact) mass is 285 g/mol. The highest BCUT2D eigenvalue weighted by Crippen LogP contribution is 2.25. The second-order valence-corrected chi connectivity index (χ2v) is 4.55. The molecule has 0 spiro atoms. The van der Waals surface area contributed by atoms with E-state index in [-0.39, 0.29) is 11.4 Å². The third-order valence-electron chi connectivity index (χ3n) is 3.11. The van der Waals surface area contributed by atoms with Crippen LogP contribution in [0.4, 0.5) is 5.69 Å². The number of rotatable bonds is 3. The lowest BCUT2D eigenvalue weighted by Gasteiger charge is -2.38. The zero-order chi connectivity index (χ0) is 14.9. The number of aliphatic hydroxyl groups excluding tert-OH is 3. The fourth-order valence-corrected chi connectivity index (χ4v) is 1.89. The summed E-state index contributed by atoms with van der Waals surface area (Å²) < 4.78 is 10.6. The van der Waals surface area contributed by atoms with Crippen LogP contribution in [0.3, 0.4) is 0 Å². The van der Waals surface area contributed by atoms with Crippen molar-refractivity contribution in [1.82, 2.24) is 0 Å². The first-order valence-electron chi connectivity index (χ1n) is 6.01. The first-order valence-corrected chi connectivity index (χ1v) is 6.01. The minimum absolute atomic E-state index is 0.0914. The highest BCUT2D eigenvalue weighted by molar-refractivity contribution is 5.36. The molecule has 1 aliphatic heterocycles. The molecular weight excluding hydrogens is 270 g/mol. The molecule has 8 heteroatoms. The van der Waals surface area contributed by atoms with Crippen molar-refractivity contribution in [3.05, 3.63) is 34.4 Å². The second kappa shape index (κ2) is 5.71. The van der Waals surface area contributed by atoms with Crippen molar-refractivity contribution < 1.29 is 29.7 Å². The molecule has 0 aromatic heterocycles. The van der Waals surface area contributed by atoms with E-state index in [4.69, 9.17) is 9.47 Å². The molecule has 1 fully saturated rings. The van der Waals surface area contributed by atoms with Crippen LogP contribution in [0.25, 0.3) is 0 Å². The Morgan fingerprint density at radius 3 is 2.30 bits per heavy atom. The molecule has 0 amide bonds. The van der Waals surface area contributed by atoms with E-state index < -0.39 is 35.6 Å². The summed E-state index contributed by atoms with van der Waals surface area (Å²) in [6.45, 7) is 1.53. The molecule has 20 heavy (non-hydrogen) atoms. The van der Waals surface area contributed by atoms with Crippen molar-refractivity contribution >= 4 is 5.69 Å². The van der Waals surface area contributed by atoms with Gasteiger partial charge in [-0.2, -0.15) is 0 Å². The molecule has 0 saturated carbocycles. The molecule has 2 rings (SSSR count). The molecule has 1 unspecified atom stereocenters. The maximum Gasteiger partial charge on any atom is 0.269 e. The van der Waals surface area contributed by atoms with Crippen LogP contribution in [0.15, 0.2) is 24.3 Å². The summed E-state index contributed by atoms with van der Waals surface area (Å²) >= 11 is 0. The van der Waals surface area contributed by atoms with E-state index in [1.807, 2.05) is 0 Å². The van der Waals surface area contributed by atoms with Gasteiger partial charge >= 0.3 is 0 Å². The smallest absolute Gasteiger partial charge is 0.269 e. The fraction of sp³-hybridized carbons (Fsp3) is 0.500. The molecular formula is C12H15NO7. The van der Waals surface area contributed by atoms with Crippen LogP contribution in [0.5, 0.6) is 5.75 Å². The molecule has 1 aromatic rings. The van der Waals surface area contributed by atoms with Gasteiger partial charge in [-0.3, -0.25) is 10.1 Å². The molecule has 3 N–H and O–H groups in total. The number of aliphatic hydroxyl groups is 3. The number of benzene rings is 1. The van der Waals surface area contributed by atoms with Crippen LogP contribution in [-0.2, 0) is 4.74 Å². The molecule has 1 aromatic carbocycles. The Bertz CT molecular complexity index is 477. The Labute approximate surface area is 114 Å². The van der Waals surface area contributed by atoms with E-state index in [1.165, 1.54) is 31.2 Å². The predicted molar refractivity (Wildman–Crippen MR) is 66.1 cm³/mol. The number of nitro benzene ring substituents is 1. The van der Waals surface area contributed by atoms with Crippen LogP contribution in [0.2, 0.25) is 0 Å². The topological polar surface area (TPSA) is 122 Å². The van der Waals surface area contributed by atoms with E-state index in [1.54, 1.807) is 0 Å². The first kappa shape index (κ1) is 14.7. The van der Waals surface area contributed by atoms with Gasteiger partial charge in [0.15, 0.2) is 0 Å². The maximum atomic E-state index is 10.5. The lowest BCUT2D eigenvalue weighted by atomic mass is 10.00. The van der Waals surface area contributed by atoms with Crippen molar-refractivity contribution in [1.29, 1.82) is 0 Å². The van der Waals surface area contributed by atoms with Gasteiger partial charge in [0, 0.05) is 12.1 Å². The van der Waals surface area contributed by atoms with Crippen molar-refractivity contribution in [2.24, 2.45) is 0 Å². The van der Waals surface area contributed by atoms with Crippen LogP contribution in [0.1, 0.15) is 6.92 Å². The fourth-order valence-electron chi connectivity index (χ4n) is 1.89. The van der Waals surface area contributed by atoms with E-state index in [2.05, 4.69) is 0 Å². The Morgan fingerprint density at radius 2 is 1.75 bits per heavy atom. The van der Waals surface area contributed by atoms with Crippen LogP contribution in [0, 0.1) is 10.1 Å². The average Bonchev–Trinajstić information content (AvgIpc) is 2.43. The second-order valence-electron chi connectivity index (χ2n) is 4.55. The highest BCUT2D eigenvalue weighted by Gasteiger charge is 2.43. The lowest BCUT2D eigenvalue weighted by molar-refractivity contribution is -0.384. The van der Waals surface area contributed by atoms with Gasteiger partial charge in [0.2, 0.25) is 6.29 Å². The van der Waals surface area contributed by atoms with Gasteiger partial charge < -0.3 is 24.8 Å². The number of hydrogen-bond acceptors (Lipinski definition) is 7. The van der Waals surface area contributed by atoms with Gasteiger partial charge in [0.25, 0.3) is 5.69 Å². The average molecular weight is 285 g/mol. The van der Waals surface area contributed by atoms with E-state index >= 15 is 0 Å². The lowest BCUT2D eigenvalue weighted by Crippen LogP contribution is -2.58. The van der Waals surface area contributed by atoms with Gasteiger partial charge in [-0.1, -0.05) is 0 Å². The summed E-state index contributed by atoms with van der Waals surface area (Å²) in [5.74, 6) is 0.246. The summed E-state index contributed by atoms with van der Waals surface area (Å²) in [6.07, 6.45) is -5.89.